The Labute approximate surface area is 132 Å². The molecule has 0 aliphatic heterocycles. The Morgan fingerprint density at radius 1 is 1.33 bits per heavy atom. The summed E-state index contributed by atoms with van der Waals surface area (Å²) in [6.07, 6.45) is 0.548. The van der Waals surface area contributed by atoms with E-state index in [4.69, 9.17) is 22.6 Å². The van der Waals surface area contributed by atoms with Crippen molar-refractivity contribution in [1.29, 1.82) is 5.26 Å². The Balaban J connectivity index is 2.06. The molecule has 2 aromatic rings. The smallest absolute Gasteiger partial charge is 0.242 e. The van der Waals surface area contributed by atoms with Gasteiger partial charge in [0.25, 0.3) is 0 Å². The lowest BCUT2D eigenvalue weighted by atomic mass is 10.2. The highest BCUT2D eigenvalue weighted by Gasteiger charge is 2.17. The number of anilines is 1. The van der Waals surface area contributed by atoms with Crippen LogP contribution in [0.4, 0.5) is 5.69 Å². The largest absolute Gasteiger partial charge is 0.398 e. The van der Waals surface area contributed by atoms with E-state index in [2.05, 4.69) is 4.72 Å². The molecule has 21 heavy (non-hydrogen) atoms. The van der Waals surface area contributed by atoms with Crippen molar-refractivity contribution in [3.63, 3.8) is 0 Å². The second-order valence-corrected chi connectivity index (χ2v) is 7.75. The van der Waals surface area contributed by atoms with Gasteiger partial charge in [-0.3, -0.25) is 0 Å². The van der Waals surface area contributed by atoms with Crippen molar-refractivity contribution in [3.8, 4) is 6.07 Å². The number of benzene rings is 1. The maximum atomic E-state index is 12.2. The number of nitrogens with two attached hydrogens (primary N) is 1. The average molecular weight is 342 g/mol. The van der Waals surface area contributed by atoms with Crippen LogP contribution < -0.4 is 10.5 Å². The fourth-order valence-corrected chi connectivity index (χ4v) is 3.96. The SMILES string of the molecule is N#Cc1ccc(S(=O)(=O)NCCc2ccc(Cl)s2)c(N)c1. The normalized spacial score (nSPS) is 11.2. The summed E-state index contributed by atoms with van der Waals surface area (Å²) in [6.45, 7) is 0.249. The predicted molar refractivity (Wildman–Crippen MR) is 83.8 cm³/mol. The molecule has 0 saturated heterocycles. The molecule has 1 aromatic carbocycles. The van der Waals surface area contributed by atoms with Crippen LogP contribution in [0.15, 0.2) is 35.2 Å². The molecule has 0 fully saturated rings. The number of nitrogen functional groups attached to an aromatic ring is 1. The minimum Gasteiger partial charge on any atom is -0.398 e. The van der Waals surface area contributed by atoms with Gasteiger partial charge in [-0.2, -0.15) is 5.26 Å². The van der Waals surface area contributed by atoms with E-state index in [0.29, 0.717) is 16.3 Å². The topological polar surface area (TPSA) is 96.0 Å². The highest BCUT2D eigenvalue weighted by molar-refractivity contribution is 7.89. The van der Waals surface area contributed by atoms with Gasteiger partial charge in [-0.05, 0) is 36.8 Å². The van der Waals surface area contributed by atoms with Gasteiger partial charge in [0.2, 0.25) is 10.0 Å². The lowest BCUT2D eigenvalue weighted by Gasteiger charge is -2.08. The molecule has 110 valence electrons. The third kappa shape index (κ3) is 3.95. The second-order valence-electron chi connectivity index (χ2n) is 4.22. The van der Waals surface area contributed by atoms with Crippen LogP contribution in [0.3, 0.4) is 0 Å². The summed E-state index contributed by atoms with van der Waals surface area (Å²) < 4.78 is 27.5. The number of halogens is 1. The van der Waals surface area contributed by atoms with Gasteiger partial charge in [-0.1, -0.05) is 11.6 Å². The summed E-state index contributed by atoms with van der Waals surface area (Å²) in [5.41, 5.74) is 6.06. The molecule has 0 amide bonds. The van der Waals surface area contributed by atoms with Crippen LogP contribution in [-0.2, 0) is 16.4 Å². The van der Waals surface area contributed by atoms with Gasteiger partial charge >= 0.3 is 0 Å². The fourth-order valence-electron chi connectivity index (χ4n) is 1.74. The third-order valence-corrected chi connectivity index (χ3v) is 5.55. The van der Waals surface area contributed by atoms with E-state index in [1.807, 2.05) is 12.1 Å². The fraction of sp³-hybridized carbons (Fsp3) is 0.154. The van der Waals surface area contributed by atoms with Crippen LogP contribution in [0.25, 0.3) is 0 Å². The molecule has 1 heterocycles. The first-order valence-corrected chi connectivity index (χ1v) is 8.63. The van der Waals surface area contributed by atoms with Gasteiger partial charge in [0, 0.05) is 11.4 Å². The lowest BCUT2D eigenvalue weighted by Crippen LogP contribution is -2.26. The number of nitrogens with zero attached hydrogens (tertiary/aromatic N) is 1. The minimum absolute atomic E-state index is 0.0225. The summed E-state index contributed by atoms with van der Waals surface area (Å²) >= 11 is 7.22. The first-order valence-electron chi connectivity index (χ1n) is 5.96. The third-order valence-electron chi connectivity index (χ3n) is 2.72. The molecular weight excluding hydrogens is 330 g/mol. The lowest BCUT2D eigenvalue weighted by molar-refractivity contribution is 0.582. The number of sulfonamides is 1. The molecule has 0 aliphatic rings. The van der Waals surface area contributed by atoms with Gasteiger partial charge in [0.1, 0.15) is 4.90 Å². The molecule has 0 bridgehead atoms. The van der Waals surface area contributed by atoms with Gasteiger partial charge < -0.3 is 5.73 Å². The highest BCUT2D eigenvalue weighted by Crippen LogP contribution is 2.22. The molecule has 1 aromatic heterocycles. The van der Waals surface area contributed by atoms with Crippen LogP contribution >= 0.6 is 22.9 Å². The molecule has 5 nitrogen and oxygen atoms in total. The van der Waals surface area contributed by atoms with Crippen molar-refractivity contribution in [2.24, 2.45) is 0 Å². The Morgan fingerprint density at radius 2 is 2.10 bits per heavy atom. The molecule has 0 unspecified atom stereocenters. The molecule has 0 spiro atoms. The van der Waals surface area contributed by atoms with Gasteiger partial charge in [-0.25, -0.2) is 13.1 Å². The summed E-state index contributed by atoms with van der Waals surface area (Å²) in [7, 11) is -3.69. The quantitative estimate of drug-likeness (QED) is 0.816. The van der Waals surface area contributed by atoms with Crippen LogP contribution in [0.1, 0.15) is 10.4 Å². The van der Waals surface area contributed by atoms with Crippen molar-refractivity contribution in [1.82, 2.24) is 4.72 Å². The summed E-state index contributed by atoms with van der Waals surface area (Å²) in [5.74, 6) is 0. The van der Waals surface area contributed by atoms with E-state index in [0.717, 1.165) is 4.88 Å². The number of rotatable bonds is 5. The first kappa shape index (κ1) is 15.8. The van der Waals surface area contributed by atoms with E-state index in [-0.39, 0.29) is 17.1 Å². The zero-order valence-corrected chi connectivity index (χ0v) is 13.2. The Bertz CT molecular complexity index is 794. The number of hydrogen-bond acceptors (Lipinski definition) is 5. The Hall–Kier alpha value is -1.59. The van der Waals surface area contributed by atoms with Crippen LogP contribution in [0.5, 0.6) is 0 Å². The second kappa shape index (κ2) is 6.45. The van der Waals surface area contributed by atoms with E-state index >= 15 is 0 Å². The first-order chi connectivity index (χ1) is 9.92. The molecule has 0 saturated carbocycles. The molecule has 0 radical (unpaired) electrons. The average Bonchev–Trinajstić information content (AvgIpc) is 2.83. The van der Waals surface area contributed by atoms with E-state index in [1.54, 1.807) is 6.07 Å². The molecular formula is C13H12ClN3O2S2. The van der Waals surface area contributed by atoms with Crippen molar-refractivity contribution < 1.29 is 8.42 Å². The van der Waals surface area contributed by atoms with Crippen molar-refractivity contribution in [2.75, 3.05) is 12.3 Å². The number of hydrogen-bond donors (Lipinski definition) is 2. The summed E-state index contributed by atoms with van der Waals surface area (Å²) in [5, 5.41) is 8.74. The van der Waals surface area contributed by atoms with Crippen molar-refractivity contribution in [2.45, 2.75) is 11.3 Å². The maximum absolute atomic E-state index is 12.2. The highest BCUT2D eigenvalue weighted by atomic mass is 35.5. The van der Waals surface area contributed by atoms with Crippen LogP contribution in [0, 0.1) is 11.3 Å². The summed E-state index contributed by atoms with van der Waals surface area (Å²) in [6, 6.07) is 9.63. The zero-order valence-electron chi connectivity index (χ0n) is 10.8. The number of nitrogens with one attached hydrogen (secondary N) is 1. The van der Waals surface area contributed by atoms with Crippen LogP contribution in [-0.4, -0.2) is 15.0 Å². The van der Waals surface area contributed by atoms with E-state index in [9.17, 15) is 8.42 Å². The predicted octanol–water partition coefficient (Wildman–Crippen LogP) is 2.38. The number of thiophene rings is 1. The van der Waals surface area contributed by atoms with Crippen molar-refractivity contribution in [3.05, 3.63) is 45.1 Å². The Kier molecular flexibility index (Phi) is 4.85. The van der Waals surface area contributed by atoms with E-state index in [1.165, 1.54) is 29.5 Å². The zero-order chi connectivity index (χ0) is 15.5. The van der Waals surface area contributed by atoms with E-state index < -0.39 is 10.0 Å². The monoisotopic (exact) mass is 341 g/mol. The van der Waals surface area contributed by atoms with Gasteiger partial charge in [0.05, 0.1) is 21.7 Å². The molecule has 8 heteroatoms. The molecule has 0 aliphatic carbocycles. The van der Waals surface area contributed by atoms with Crippen molar-refractivity contribution >= 4 is 38.6 Å². The van der Waals surface area contributed by atoms with Crippen LogP contribution in [0.2, 0.25) is 4.34 Å². The minimum atomic E-state index is -3.69. The molecule has 0 atom stereocenters. The summed E-state index contributed by atoms with van der Waals surface area (Å²) in [4.78, 5) is 0.973. The standard InChI is InChI=1S/C13H12ClN3O2S2/c14-13-4-2-10(20-13)5-6-17-21(18,19)12-3-1-9(8-15)7-11(12)16/h1-4,7,17H,5-6,16H2. The number of nitriles is 1. The van der Waals surface area contributed by atoms with Gasteiger partial charge in [0.15, 0.2) is 0 Å². The maximum Gasteiger partial charge on any atom is 0.242 e. The molecule has 2 rings (SSSR count). The Morgan fingerprint density at radius 3 is 2.67 bits per heavy atom. The van der Waals surface area contributed by atoms with Gasteiger partial charge in [-0.15, -0.1) is 11.3 Å². The molecule has 3 N–H and O–H groups in total.